The number of aryl methyl sites for hydroxylation is 1. The molecule has 1 atom stereocenters. The summed E-state index contributed by atoms with van der Waals surface area (Å²) < 4.78 is 2.06. The fourth-order valence-electron chi connectivity index (χ4n) is 4.27. The third-order valence-corrected chi connectivity index (χ3v) is 6.23. The lowest BCUT2D eigenvalue weighted by atomic mass is 9.67. The zero-order chi connectivity index (χ0) is 17.5. The van der Waals surface area contributed by atoms with Gasteiger partial charge in [-0.05, 0) is 51.6 Å². The fraction of sp³-hybridized carbons (Fsp3) is 0.778. The molecule has 134 valence electrons. The van der Waals surface area contributed by atoms with E-state index in [1.54, 1.807) is 6.92 Å². The standard InChI is InChI=1S/C18H30N4O2/c1-14(23)22-12-18(9-16(24)17(22,2)3)5-7-21(8-6-18)11-15-10-19-13-20(15)4/h10,13,16,24H,5-9,11-12H2,1-4H3/t16-/m0/s1. The molecule has 0 aliphatic carbocycles. The Hall–Kier alpha value is -1.40. The molecule has 6 nitrogen and oxygen atoms in total. The van der Waals surface area contributed by atoms with Crippen molar-refractivity contribution in [3.63, 3.8) is 0 Å². The van der Waals surface area contributed by atoms with Crippen LogP contribution in [-0.2, 0) is 18.4 Å². The summed E-state index contributed by atoms with van der Waals surface area (Å²) in [6.45, 7) is 9.26. The number of carbonyl (C=O) groups is 1. The Labute approximate surface area is 144 Å². The molecule has 0 unspecified atom stereocenters. The normalized spacial score (nSPS) is 26.7. The number of aliphatic hydroxyl groups is 1. The van der Waals surface area contributed by atoms with Crippen LogP contribution in [0.1, 0.15) is 45.7 Å². The molecule has 0 saturated carbocycles. The summed E-state index contributed by atoms with van der Waals surface area (Å²) in [5.41, 5.74) is 0.813. The summed E-state index contributed by atoms with van der Waals surface area (Å²) in [5.74, 6) is 0.0652. The van der Waals surface area contributed by atoms with Crippen molar-refractivity contribution in [2.45, 2.75) is 58.2 Å². The van der Waals surface area contributed by atoms with Crippen LogP contribution in [0, 0.1) is 5.41 Å². The number of piperidine rings is 2. The number of imidazole rings is 1. The largest absolute Gasteiger partial charge is 0.391 e. The number of hydrogen-bond donors (Lipinski definition) is 1. The van der Waals surface area contributed by atoms with Crippen molar-refractivity contribution in [2.24, 2.45) is 12.5 Å². The van der Waals surface area contributed by atoms with Gasteiger partial charge in [-0.3, -0.25) is 9.69 Å². The number of aromatic nitrogens is 2. The second kappa shape index (κ2) is 6.15. The van der Waals surface area contributed by atoms with Crippen molar-refractivity contribution in [1.82, 2.24) is 19.4 Å². The van der Waals surface area contributed by atoms with E-state index in [0.717, 1.165) is 45.4 Å². The predicted molar refractivity (Wildman–Crippen MR) is 92.2 cm³/mol. The van der Waals surface area contributed by atoms with Gasteiger partial charge in [-0.2, -0.15) is 0 Å². The molecule has 3 rings (SSSR count). The average Bonchev–Trinajstić information content (AvgIpc) is 2.91. The lowest BCUT2D eigenvalue weighted by molar-refractivity contribution is -0.157. The summed E-state index contributed by atoms with van der Waals surface area (Å²) in [7, 11) is 2.03. The van der Waals surface area contributed by atoms with Crippen molar-refractivity contribution >= 4 is 5.91 Å². The summed E-state index contributed by atoms with van der Waals surface area (Å²) in [6.07, 6.45) is 6.16. The highest BCUT2D eigenvalue weighted by Crippen LogP contribution is 2.45. The van der Waals surface area contributed by atoms with E-state index in [2.05, 4.69) is 14.5 Å². The zero-order valence-electron chi connectivity index (χ0n) is 15.3. The van der Waals surface area contributed by atoms with Crippen LogP contribution in [0.25, 0.3) is 0 Å². The molecular weight excluding hydrogens is 304 g/mol. The molecule has 1 aromatic rings. The first kappa shape index (κ1) is 17.4. The van der Waals surface area contributed by atoms with Gasteiger partial charge in [0.15, 0.2) is 0 Å². The molecule has 1 spiro atoms. The smallest absolute Gasteiger partial charge is 0.219 e. The fourth-order valence-corrected chi connectivity index (χ4v) is 4.27. The van der Waals surface area contributed by atoms with Crippen LogP contribution in [0.3, 0.4) is 0 Å². The van der Waals surface area contributed by atoms with E-state index in [9.17, 15) is 9.90 Å². The number of hydrogen-bond acceptors (Lipinski definition) is 4. The molecule has 1 aromatic heterocycles. The van der Waals surface area contributed by atoms with Crippen LogP contribution < -0.4 is 0 Å². The summed E-state index contributed by atoms with van der Waals surface area (Å²) >= 11 is 0. The minimum atomic E-state index is -0.469. The Morgan fingerprint density at radius 1 is 1.38 bits per heavy atom. The molecule has 0 bridgehead atoms. The van der Waals surface area contributed by atoms with Gasteiger partial charge < -0.3 is 14.6 Å². The first-order valence-corrected chi connectivity index (χ1v) is 8.87. The molecule has 2 aliphatic heterocycles. The second-order valence-corrected chi connectivity index (χ2v) is 8.25. The van der Waals surface area contributed by atoms with Gasteiger partial charge in [0, 0.05) is 33.3 Å². The van der Waals surface area contributed by atoms with Crippen LogP contribution in [0.2, 0.25) is 0 Å². The van der Waals surface area contributed by atoms with Gasteiger partial charge in [-0.1, -0.05) is 0 Å². The lowest BCUT2D eigenvalue weighted by Crippen LogP contribution is -2.64. The van der Waals surface area contributed by atoms with E-state index in [1.807, 2.05) is 38.3 Å². The minimum absolute atomic E-state index is 0.0591. The third-order valence-electron chi connectivity index (χ3n) is 6.23. The van der Waals surface area contributed by atoms with Gasteiger partial charge in [0.25, 0.3) is 0 Å². The maximum atomic E-state index is 12.1. The van der Waals surface area contributed by atoms with Crippen LogP contribution in [0.15, 0.2) is 12.5 Å². The Morgan fingerprint density at radius 3 is 2.58 bits per heavy atom. The second-order valence-electron chi connectivity index (χ2n) is 8.25. The summed E-state index contributed by atoms with van der Waals surface area (Å²) in [5, 5.41) is 10.7. The molecular formula is C18H30N4O2. The molecule has 2 saturated heterocycles. The van der Waals surface area contributed by atoms with Gasteiger partial charge in [-0.15, -0.1) is 0 Å². The van der Waals surface area contributed by atoms with Crippen molar-refractivity contribution in [3.05, 3.63) is 18.2 Å². The molecule has 0 radical (unpaired) electrons. The van der Waals surface area contributed by atoms with Crippen molar-refractivity contribution in [1.29, 1.82) is 0 Å². The van der Waals surface area contributed by atoms with Crippen LogP contribution in [-0.4, -0.2) is 61.6 Å². The van der Waals surface area contributed by atoms with Crippen LogP contribution >= 0.6 is 0 Å². The van der Waals surface area contributed by atoms with E-state index in [1.165, 1.54) is 5.69 Å². The highest BCUT2D eigenvalue weighted by molar-refractivity contribution is 5.74. The Balaban J connectivity index is 1.66. The number of likely N-dealkylation sites (tertiary alicyclic amines) is 2. The van der Waals surface area contributed by atoms with Crippen molar-refractivity contribution in [2.75, 3.05) is 19.6 Å². The van der Waals surface area contributed by atoms with E-state index in [0.29, 0.717) is 0 Å². The molecule has 2 fully saturated rings. The zero-order valence-corrected chi connectivity index (χ0v) is 15.3. The number of aliphatic hydroxyl groups excluding tert-OH is 1. The van der Waals surface area contributed by atoms with E-state index < -0.39 is 11.6 Å². The van der Waals surface area contributed by atoms with Gasteiger partial charge in [-0.25, -0.2) is 4.98 Å². The number of amides is 1. The first-order valence-electron chi connectivity index (χ1n) is 8.87. The maximum absolute atomic E-state index is 12.1. The summed E-state index contributed by atoms with van der Waals surface area (Å²) in [6, 6.07) is 0. The maximum Gasteiger partial charge on any atom is 0.219 e. The topological polar surface area (TPSA) is 61.6 Å². The highest BCUT2D eigenvalue weighted by Gasteiger charge is 2.50. The Bertz CT molecular complexity index is 602. The van der Waals surface area contributed by atoms with E-state index >= 15 is 0 Å². The molecule has 1 amide bonds. The summed E-state index contributed by atoms with van der Waals surface area (Å²) in [4.78, 5) is 20.6. The van der Waals surface area contributed by atoms with Gasteiger partial charge in [0.2, 0.25) is 5.91 Å². The molecule has 1 N–H and O–H groups in total. The van der Waals surface area contributed by atoms with E-state index in [4.69, 9.17) is 0 Å². The average molecular weight is 334 g/mol. The van der Waals surface area contributed by atoms with Crippen LogP contribution in [0.5, 0.6) is 0 Å². The predicted octanol–water partition coefficient (Wildman–Crippen LogP) is 1.39. The van der Waals surface area contributed by atoms with Gasteiger partial charge >= 0.3 is 0 Å². The number of carbonyl (C=O) groups excluding carboxylic acids is 1. The highest BCUT2D eigenvalue weighted by atomic mass is 16.3. The van der Waals surface area contributed by atoms with Gasteiger partial charge in [0.05, 0.1) is 23.7 Å². The molecule has 24 heavy (non-hydrogen) atoms. The van der Waals surface area contributed by atoms with Crippen LogP contribution in [0.4, 0.5) is 0 Å². The van der Waals surface area contributed by atoms with Crippen molar-refractivity contribution < 1.29 is 9.90 Å². The van der Waals surface area contributed by atoms with E-state index in [-0.39, 0.29) is 11.3 Å². The quantitative estimate of drug-likeness (QED) is 0.888. The van der Waals surface area contributed by atoms with Crippen molar-refractivity contribution in [3.8, 4) is 0 Å². The Morgan fingerprint density at radius 2 is 2.04 bits per heavy atom. The monoisotopic (exact) mass is 334 g/mol. The minimum Gasteiger partial charge on any atom is -0.391 e. The van der Waals surface area contributed by atoms with Gasteiger partial charge in [0.1, 0.15) is 0 Å². The lowest BCUT2D eigenvalue weighted by Gasteiger charge is -2.55. The molecule has 0 aromatic carbocycles. The molecule has 6 heteroatoms. The Kier molecular flexibility index (Phi) is 4.47. The molecule has 3 heterocycles. The first-order chi connectivity index (χ1) is 11.2. The molecule has 2 aliphatic rings. The number of nitrogens with zero attached hydrogens (tertiary/aromatic N) is 4. The third kappa shape index (κ3) is 3.09. The number of rotatable bonds is 2. The SMILES string of the molecule is CC(=O)N1CC2(CCN(Cc3cncn3C)CC2)C[C@H](O)C1(C)C.